The smallest absolute Gasteiger partial charge is 0.330 e. The first-order valence-electron chi connectivity index (χ1n) is 10.3. The summed E-state index contributed by atoms with van der Waals surface area (Å²) < 4.78 is 4.91. The Morgan fingerprint density at radius 1 is 0.852 bits per heavy atom. The molecule has 0 fully saturated rings. The third-order valence-corrected chi connectivity index (χ3v) is 4.28. The maximum Gasteiger partial charge on any atom is 0.330 e. The van der Waals surface area contributed by atoms with Gasteiger partial charge in [0.15, 0.2) is 0 Å². The number of amides is 1. The van der Waals surface area contributed by atoms with Crippen molar-refractivity contribution in [3.05, 3.63) is 34.9 Å². The molecule has 0 aliphatic carbocycles. The highest BCUT2D eigenvalue weighted by molar-refractivity contribution is 5.92. The molecule has 0 bridgehead atoms. The molecule has 0 aliphatic heterocycles. The van der Waals surface area contributed by atoms with Gasteiger partial charge in [0.05, 0.1) is 6.61 Å². The van der Waals surface area contributed by atoms with Gasteiger partial charge in [-0.25, -0.2) is 4.79 Å². The average molecular weight is 378 g/mol. The van der Waals surface area contributed by atoms with E-state index in [-0.39, 0.29) is 11.9 Å². The zero-order chi connectivity index (χ0) is 20.7. The topological polar surface area (TPSA) is 46.6 Å². The van der Waals surface area contributed by atoms with Crippen LogP contribution in [0.2, 0.25) is 0 Å². The first kappa shape index (κ1) is 25.2. The van der Waals surface area contributed by atoms with Gasteiger partial charge in [0.1, 0.15) is 0 Å². The van der Waals surface area contributed by atoms with E-state index in [9.17, 15) is 9.59 Å². The number of allylic oxidation sites excluding steroid dienone is 4. The third-order valence-electron chi connectivity index (χ3n) is 4.28. The van der Waals surface area contributed by atoms with Crippen molar-refractivity contribution in [1.82, 2.24) is 4.90 Å². The van der Waals surface area contributed by atoms with Gasteiger partial charge in [-0.3, -0.25) is 4.79 Å². The zero-order valence-electron chi connectivity index (χ0n) is 18.3. The van der Waals surface area contributed by atoms with E-state index in [0.717, 1.165) is 62.8 Å². The van der Waals surface area contributed by atoms with E-state index < -0.39 is 0 Å². The molecule has 154 valence electrons. The van der Waals surface area contributed by atoms with E-state index in [0.29, 0.717) is 6.61 Å². The van der Waals surface area contributed by atoms with Crippen LogP contribution in [-0.2, 0) is 14.3 Å². The second-order valence-electron chi connectivity index (χ2n) is 7.05. The molecule has 0 aliphatic rings. The van der Waals surface area contributed by atoms with Crippen molar-refractivity contribution >= 4 is 11.9 Å². The number of nitrogens with zero attached hydrogens (tertiary/aromatic N) is 1. The molecular weight excluding hydrogens is 338 g/mol. The molecule has 0 aromatic rings. The summed E-state index contributed by atoms with van der Waals surface area (Å²) in [6.07, 6.45) is 11.4. The minimum atomic E-state index is -0.263. The molecule has 0 heterocycles. The minimum Gasteiger partial charge on any atom is -0.463 e. The molecule has 0 aromatic carbocycles. The number of hydrogen-bond acceptors (Lipinski definition) is 3. The predicted molar refractivity (Wildman–Crippen MR) is 114 cm³/mol. The van der Waals surface area contributed by atoms with Crippen LogP contribution in [0, 0.1) is 0 Å². The average Bonchev–Trinajstić information content (AvgIpc) is 2.60. The van der Waals surface area contributed by atoms with Crippen LogP contribution in [0.3, 0.4) is 0 Å². The van der Waals surface area contributed by atoms with Gasteiger partial charge in [0, 0.05) is 24.7 Å². The Morgan fingerprint density at radius 2 is 1.41 bits per heavy atom. The van der Waals surface area contributed by atoms with E-state index >= 15 is 0 Å². The van der Waals surface area contributed by atoms with E-state index in [1.54, 1.807) is 6.08 Å². The molecule has 0 radical (unpaired) electrons. The second kappa shape index (κ2) is 15.2. The summed E-state index contributed by atoms with van der Waals surface area (Å²) in [5, 5.41) is 0. The fraction of sp³-hybridized carbons (Fsp3) is 0.652. The number of rotatable bonds is 13. The van der Waals surface area contributed by atoms with Crippen molar-refractivity contribution in [3.63, 3.8) is 0 Å². The fourth-order valence-corrected chi connectivity index (χ4v) is 2.81. The van der Waals surface area contributed by atoms with Crippen LogP contribution in [0.1, 0.15) is 80.1 Å². The summed E-state index contributed by atoms with van der Waals surface area (Å²) in [4.78, 5) is 25.8. The highest BCUT2D eigenvalue weighted by atomic mass is 16.5. The van der Waals surface area contributed by atoms with Gasteiger partial charge in [0.25, 0.3) is 0 Å². The molecule has 0 N–H and O–H groups in total. The van der Waals surface area contributed by atoms with Crippen molar-refractivity contribution in [1.29, 1.82) is 0 Å². The summed E-state index contributed by atoms with van der Waals surface area (Å²) in [7, 11) is 0. The molecule has 0 rings (SSSR count). The quantitative estimate of drug-likeness (QED) is 0.238. The highest BCUT2D eigenvalue weighted by Crippen LogP contribution is 2.12. The summed E-state index contributed by atoms with van der Waals surface area (Å²) in [5.74, 6) is -0.0961. The first-order valence-corrected chi connectivity index (χ1v) is 10.3. The second-order valence-corrected chi connectivity index (χ2v) is 7.05. The fourth-order valence-electron chi connectivity index (χ4n) is 2.81. The summed E-state index contributed by atoms with van der Waals surface area (Å²) in [6, 6.07) is 0. The van der Waals surface area contributed by atoms with E-state index in [4.69, 9.17) is 4.74 Å². The Hall–Kier alpha value is -1.84. The molecule has 0 saturated carbocycles. The molecule has 4 heteroatoms. The Bertz CT molecular complexity index is 538. The van der Waals surface area contributed by atoms with Crippen LogP contribution in [0.4, 0.5) is 0 Å². The number of carbonyl (C=O) groups excluding carboxylic acids is 2. The molecule has 0 aromatic heterocycles. The van der Waals surface area contributed by atoms with Crippen molar-refractivity contribution in [3.8, 4) is 0 Å². The van der Waals surface area contributed by atoms with Gasteiger partial charge >= 0.3 is 5.97 Å². The molecule has 0 saturated heterocycles. The standard InChI is InChI=1S/C23H39NO3/c1-7-16-24(17-8-2)23(26)21(6)15-11-13-19(4)12-10-14-20(5)18-22(25)27-9-3/h12,15,18H,7-11,13-14,16-17H2,1-6H3/b19-12+,20-18+,21-15+. The Labute approximate surface area is 166 Å². The lowest BCUT2D eigenvalue weighted by atomic mass is 10.1. The van der Waals surface area contributed by atoms with Crippen LogP contribution < -0.4 is 0 Å². The van der Waals surface area contributed by atoms with Gasteiger partial charge in [-0.05, 0) is 66.2 Å². The monoisotopic (exact) mass is 377 g/mol. The minimum absolute atomic E-state index is 0.167. The molecular formula is C23H39NO3. The Balaban J connectivity index is 4.41. The van der Waals surface area contributed by atoms with Crippen LogP contribution in [-0.4, -0.2) is 36.5 Å². The van der Waals surface area contributed by atoms with E-state index in [2.05, 4.69) is 32.9 Å². The number of esters is 1. The van der Waals surface area contributed by atoms with E-state index in [1.165, 1.54) is 5.57 Å². The van der Waals surface area contributed by atoms with Crippen LogP contribution in [0.25, 0.3) is 0 Å². The van der Waals surface area contributed by atoms with Gasteiger partial charge in [0.2, 0.25) is 5.91 Å². The van der Waals surface area contributed by atoms with Gasteiger partial charge in [-0.15, -0.1) is 0 Å². The van der Waals surface area contributed by atoms with E-state index in [1.807, 2.05) is 25.7 Å². The maximum atomic E-state index is 12.5. The maximum absolute atomic E-state index is 12.5. The van der Waals surface area contributed by atoms with Crippen LogP contribution >= 0.6 is 0 Å². The van der Waals surface area contributed by atoms with Crippen LogP contribution in [0.15, 0.2) is 34.9 Å². The van der Waals surface area contributed by atoms with Crippen molar-refractivity contribution < 1.29 is 14.3 Å². The zero-order valence-corrected chi connectivity index (χ0v) is 18.3. The number of carbonyl (C=O) groups is 2. The normalized spacial score (nSPS) is 12.9. The third kappa shape index (κ3) is 12.2. The Morgan fingerprint density at radius 3 is 1.96 bits per heavy atom. The summed E-state index contributed by atoms with van der Waals surface area (Å²) in [6.45, 7) is 14.1. The van der Waals surface area contributed by atoms with Gasteiger partial charge in [-0.1, -0.05) is 37.1 Å². The Kier molecular flexibility index (Phi) is 14.2. The summed E-state index contributed by atoms with van der Waals surface area (Å²) >= 11 is 0. The van der Waals surface area contributed by atoms with Crippen LogP contribution in [0.5, 0.6) is 0 Å². The highest BCUT2D eigenvalue weighted by Gasteiger charge is 2.12. The van der Waals surface area contributed by atoms with Gasteiger partial charge < -0.3 is 9.64 Å². The lowest BCUT2D eigenvalue weighted by Crippen LogP contribution is -2.33. The molecule has 27 heavy (non-hydrogen) atoms. The first-order chi connectivity index (χ1) is 12.8. The van der Waals surface area contributed by atoms with Crippen molar-refractivity contribution in [2.75, 3.05) is 19.7 Å². The molecule has 4 nitrogen and oxygen atoms in total. The lowest BCUT2D eigenvalue weighted by molar-refractivity contribution is -0.137. The van der Waals surface area contributed by atoms with Crippen molar-refractivity contribution in [2.24, 2.45) is 0 Å². The molecule has 0 atom stereocenters. The number of hydrogen-bond donors (Lipinski definition) is 0. The summed E-state index contributed by atoms with van der Waals surface area (Å²) in [5.41, 5.74) is 3.19. The number of ether oxygens (including phenoxy) is 1. The lowest BCUT2D eigenvalue weighted by Gasteiger charge is -2.21. The predicted octanol–water partition coefficient (Wildman–Crippen LogP) is 5.60. The largest absolute Gasteiger partial charge is 0.463 e. The SMILES string of the molecule is CCCN(CCC)C(=O)/C(C)=C/CC/C(C)=C/CC/C(C)=C/C(=O)OCC. The van der Waals surface area contributed by atoms with Crippen molar-refractivity contribution in [2.45, 2.75) is 80.1 Å². The molecule has 0 spiro atoms. The molecule has 1 amide bonds. The van der Waals surface area contributed by atoms with Gasteiger partial charge in [-0.2, -0.15) is 0 Å². The molecule has 0 unspecified atom stereocenters.